The summed E-state index contributed by atoms with van der Waals surface area (Å²) in [5, 5.41) is 2.81. The Kier molecular flexibility index (Phi) is 2.47. The normalized spacial score (nSPS) is 19.2. The molecule has 2 rings (SSSR count). The molecule has 1 N–H and O–H groups in total. The number of fused-ring (bicyclic) bond motifs is 1. The van der Waals surface area contributed by atoms with Gasteiger partial charge in [0.15, 0.2) is 0 Å². The van der Waals surface area contributed by atoms with E-state index in [0.29, 0.717) is 17.0 Å². The van der Waals surface area contributed by atoms with Crippen molar-refractivity contribution in [3.05, 3.63) is 35.1 Å². The van der Waals surface area contributed by atoms with Gasteiger partial charge in [0.05, 0.1) is 6.04 Å². The van der Waals surface area contributed by atoms with Crippen LogP contribution in [0.4, 0.5) is 4.39 Å². The van der Waals surface area contributed by atoms with E-state index >= 15 is 0 Å². The largest absolute Gasteiger partial charge is 0.345 e. The Balaban J connectivity index is 2.40. The van der Waals surface area contributed by atoms with E-state index in [1.54, 1.807) is 12.1 Å². The van der Waals surface area contributed by atoms with Crippen LogP contribution in [0.5, 0.6) is 0 Å². The van der Waals surface area contributed by atoms with Gasteiger partial charge in [-0.15, -0.1) is 0 Å². The predicted molar refractivity (Wildman–Crippen MR) is 56.1 cm³/mol. The van der Waals surface area contributed by atoms with Gasteiger partial charge in [0.1, 0.15) is 5.82 Å². The van der Waals surface area contributed by atoms with Crippen molar-refractivity contribution in [1.29, 1.82) is 0 Å². The van der Waals surface area contributed by atoms with Gasteiger partial charge in [-0.1, -0.05) is 19.9 Å². The monoisotopic (exact) mass is 207 g/mol. The summed E-state index contributed by atoms with van der Waals surface area (Å²) in [6.45, 7) is 4.12. The summed E-state index contributed by atoms with van der Waals surface area (Å²) < 4.78 is 13.6. The van der Waals surface area contributed by atoms with Crippen LogP contribution >= 0.6 is 0 Å². The first-order valence-electron chi connectivity index (χ1n) is 5.19. The van der Waals surface area contributed by atoms with Crippen molar-refractivity contribution >= 4 is 5.91 Å². The van der Waals surface area contributed by atoms with E-state index < -0.39 is 0 Å². The van der Waals surface area contributed by atoms with Crippen LogP contribution in [0.2, 0.25) is 0 Å². The average Bonchev–Trinajstić information content (AvgIpc) is 2.44. The highest BCUT2D eigenvalue weighted by Gasteiger charge is 2.31. The molecule has 1 amide bonds. The molecule has 1 unspecified atom stereocenters. The molecule has 2 nitrogen and oxygen atoms in total. The number of amides is 1. The Morgan fingerprint density at radius 3 is 2.87 bits per heavy atom. The molecule has 80 valence electrons. The molecule has 1 aliphatic heterocycles. The topological polar surface area (TPSA) is 29.1 Å². The number of benzene rings is 1. The van der Waals surface area contributed by atoms with E-state index in [4.69, 9.17) is 0 Å². The summed E-state index contributed by atoms with van der Waals surface area (Å²) in [5.74, 6) is -0.00694. The second-order valence-electron chi connectivity index (χ2n) is 4.36. The lowest BCUT2D eigenvalue weighted by Crippen LogP contribution is -2.20. The molecule has 0 aromatic heterocycles. The zero-order valence-corrected chi connectivity index (χ0v) is 8.88. The van der Waals surface area contributed by atoms with Gasteiger partial charge < -0.3 is 5.32 Å². The van der Waals surface area contributed by atoms with Gasteiger partial charge in [-0.3, -0.25) is 4.79 Å². The van der Waals surface area contributed by atoms with E-state index in [1.807, 2.05) is 0 Å². The molecule has 0 spiro atoms. The minimum absolute atomic E-state index is 0.157. The standard InChI is InChI=1S/C12H14FNO/c1-7(2)6-10-11-8(12(15)14-10)4-3-5-9(11)13/h3-5,7,10H,6H2,1-2H3,(H,14,15). The van der Waals surface area contributed by atoms with E-state index in [9.17, 15) is 9.18 Å². The van der Waals surface area contributed by atoms with Gasteiger partial charge in [-0.25, -0.2) is 4.39 Å². The second kappa shape index (κ2) is 3.65. The highest BCUT2D eigenvalue weighted by Crippen LogP contribution is 2.31. The molecule has 0 saturated carbocycles. The summed E-state index contributed by atoms with van der Waals surface area (Å²) in [5.41, 5.74) is 1.02. The minimum Gasteiger partial charge on any atom is -0.345 e. The first kappa shape index (κ1) is 10.1. The Bertz CT molecular complexity index is 401. The van der Waals surface area contributed by atoms with Crippen molar-refractivity contribution in [2.24, 2.45) is 5.92 Å². The number of carbonyl (C=O) groups excluding carboxylic acids is 1. The molecule has 1 aromatic carbocycles. The molecule has 0 fully saturated rings. The zero-order valence-electron chi connectivity index (χ0n) is 8.88. The third-order valence-corrected chi connectivity index (χ3v) is 2.66. The molecule has 1 aromatic rings. The van der Waals surface area contributed by atoms with Gasteiger partial charge in [0, 0.05) is 11.1 Å². The van der Waals surface area contributed by atoms with Crippen LogP contribution in [-0.4, -0.2) is 5.91 Å². The Labute approximate surface area is 88.5 Å². The summed E-state index contributed by atoms with van der Waals surface area (Å²) in [6.07, 6.45) is 0.777. The van der Waals surface area contributed by atoms with Crippen LogP contribution in [-0.2, 0) is 0 Å². The Morgan fingerprint density at radius 2 is 2.20 bits per heavy atom. The molecule has 1 aliphatic rings. The van der Waals surface area contributed by atoms with Crippen LogP contribution < -0.4 is 5.32 Å². The molecular weight excluding hydrogens is 193 g/mol. The first-order valence-corrected chi connectivity index (χ1v) is 5.19. The Hall–Kier alpha value is -1.38. The van der Waals surface area contributed by atoms with Crippen molar-refractivity contribution < 1.29 is 9.18 Å². The van der Waals surface area contributed by atoms with E-state index in [-0.39, 0.29) is 17.8 Å². The smallest absolute Gasteiger partial charge is 0.252 e. The van der Waals surface area contributed by atoms with Crippen LogP contribution in [0, 0.1) is 11.7 Å². The molecule has 3 heteroatoms. The van der Waals surface area contributed by atoms with Crippen LogP contribution in [0.3, 0.4) is 0 Å². The summed E-state index contributed by atoms with van der Waals surface area (Å²) in [4.78, 5) is 11.5. The quantitative estimate of drug-likeness (QED) is 0.793. The van der Waals surface area contributed by atoms with Crippen LogP contribution in [0.25, 0.3) is 0 Å². The maximum Gasteiger partial charge on any atom is 0.252 e. The van der Waals surface area contributed by atoms with E-state index in [0.717, 1.165) is 6.42 Å². The molecule has 15 heavy (non-hydrogen) atoms. The fourth-order valence-electron chi connectivity index (χ4n) is 2.05. The number of hydrogen-bond acceptors (Lipinski definition) is 1. The predicted octanol–water partition coefficient (Wildman–Crippen LogP) is 2.66. The third kappa shape index (κ3) is 1.74. The van der Waals surface area contributed by atoms with Gasteiger partial charge in [0.2, 0.25) is 0 Å². The van der Waals surface area contributed by atoms with Crippen molar-refractivity contribution in [3.63, 3.8) is 0 Å². The Morgan fingerprint density at radius 1 is 1.47 bits per heavy atom. The van der Waals surface area contributed by atoms with Gasteiger partial charge in [-0.05, 0) is 24.5 Å². The summed E-state index contributed by atoms with van der Waals surface area (Å²) in [6, 6.07) is 4.50. The van der Waals surface area contributed by atoms with E-state index in [2.05, 4.69) is 19.2 Å². The zero-order chi connectivity index (χ0) is 11.0. The summed E-state index contributed by atoms with van der Waals surface area (Å²) in [7, 11) is 0. The van der Waals surface area contributed by atoms with Gasteiger partial charge >= 0.3 is 0 Å². The minimum atomic E-state index is -0.281. The highest BCUT2D eigenvalue weighted by molar-refractivity contribution is 5.99. The van der Waals surface area contributed by atoms with E-state index in [1.165, 1.54) is 6.07 Å². The van der Waals surface area contributed by atoms with Crippen molar-refractivity contribution in [1.82, 2.24) is 5.32 Å². The lowest BCUT2D eigenvalue weighted by molar-refractivity contribution is 0.0953. The SMILES string of the molecule is CC(C)CC1NC(=O)c2cccc(F)c21. The van der Waals surface area contributed by atoms with Crippen molar-refractivity contribution in [2.45, 2.75) is 26.3 Å². The molecule has 0 saturated heterocycles. The number of hydrogen-bond donors (Lipinski definition) is 1. The van der Waals surface area contributed by atoms with Gasteiger partial charge in [0.25, 0.3) is 5.91 Å². The fraction of sp³-hybridized carbons (Fsp3) is 0.417. The van der Waals surface area contributed by atoms with Crippen LogP contribution in [0.1, 0.15) is 42.2 Å². The second-order valence-corrected chi connectivity index (χ2v) is 4.36. The summed E-state index contributed by atoms with van der Waals surface area (Å²) >= 11 is 0. The lowest BCUT2D eigenvalue weighted by atomic mass is 9.96. The lowest BCUT2D eigenvalue weighted by Gasteiger charge is -2.14. The molecule has 0 bridgehead atoms. The average molecular weight is 207 g/mol. The van der Waals surface area contributed by atoms with Gasteiger partial charge in [-0.2, -0.15) is 0 Å². The highest BCUT2D eigenvalue weighted by atomic mass is 19.1. The number of rotatable bonds is 2. The third-order valence-electron chi connectivity index (χ3n) is 2.66. The number of nitrogens with one attached hydrogen (secondary N) is 1. The number of carbonyl (C=O) groups is 1. The van der Waals surface area contributed by atoms with Crippen molar-refractivity contribution in [3.8, 4) is 0 Å². The number of halogens is 1. The maximum atomic E-state index is 13.6. The molecule has 0 aliphatic carbocycles. The molecule has 0 radical (unpaired) electrons. The molecular formula is C12H14FNO. The molecule has 1 atom stereocenters. The van der Waals surface area contributed by atoms with Crippen LogP contribution in [0.15, 0.2) is 18.2 Å². The maximum absolute atomic E-state index is 13.6. The molecule has 1 heterocycles. The van der Waals surface area contributed by atoms with Crippen molar-refractivity contribution in [2.75, 3.05) is 0 Å². The first-order chi connectivity index (χ1) is 7.09. The fourth-order valence-corrected chi connectivity index (χ4v) is 2.05.